The number of nitrogens with one attached hydrogen (secondary N) is 3. The van der Waals surface area contributed by atoms with Crippen LogP contribution in [0.1, 0.15) is 25.3 Å². The SMILES string of the molecule is CC(=O)Nc1ccc(N(CCO)C(=O)CCC(=O)Nc2ccc(C(=N)N)cc2)cc1. The summed E-state index contributed by atoms with van der Waals surface area (Å²) in [6, 6.07) is 13.1. The Bertz CT molecular complexity index is 910. The summed E-state index contributed by atoms with van der Waals surface area (Å²) in [6.45, 7) is 1.26. The summed E-state index contributed by atoms with van der Waals surface area (Å²) < 4.78 is 0. The number of amidine groups is 1. The molecular formula is C21H25N5O4. The normalized spacial score (nSPS) is 10.2. The van der Waals surface area contributed by atoms with Crippen LogP contribution in [0.3, 0.4) is 0 Å². The molecule has 0 bridgehead atoms. The van der Waals surface area contributed by atoms with Crippen LogP contribution >= 0.6 is 0 Å². The summed E-state index contributed by atoms with van der Waals surface area (Å²) in [5.41, 5.74) is 7.64. The van der Waals surface area contributed by atoms with Gasteiger partial charge in [0.1, 0.15) is 5.84 Å². The molecule has 0 radical (unpaired) electrons. The average Bonchev–Trinajstić information content (AvgIpc) is 2.71. The molecule has 0 saturated heterocycles. The Morgan fingerprint density at radius 3 is 2.07 bits per heavy atom. The van der Waals surface area contributed by atoms with Crippen molar-refractivity contribution in [2.24, 2.45) is 5.73 Å². The van der Waals surface area contributed by atoms with E-state index in [1.165, 1.54) is 11.8 Å². The zero-order chi connectivity index (χ0) is 22.1. The van der Waals surface area contributed by atoms with Gasteiger partial charge in [-0.2, -0.15) is 0 Å². The Morgan fingerprint density at radius 1 is 0.967 bits per heavy atom. The Kier molecular flexibility index (Phi) is 8.07. The van der Waals surface area contributed by atoms with E-state index < -0.39 is 0 Å². The molecule has 0 spiro atoms. The Labute approximate surface area is 174 Å². The number of nitrogens with zero attached hydrogens (tertiary/aromatic N) is 1. The van der Waals surface area contributed by atoms with Gasteiger partial charge < -0.3 is 26.4 Å². The van der Waals surface area contributed by atoms with E-state index in [1.54, 1.807) is 48.5 Å². The van der Waals surface area contributed by atoms with Crippen molar-refractivity contribution in [1.29, 1.82) is 5.41 Å². The van der Waals surface area contributed by atoms with Crippen LogP contribution in [0, 0.1) is 5.41 Å². The Balaban J connectivity index is 1.94. The maximum atomic E-state index is 12.6. The molecule has 0 aliphatic rings. The number of carbonyl (C=O) groups is 3. The molecule has 0 aromatic heterocycles. The van der Waals surface area contributed by atoms with Gasteiger partial charge >= 0.3 is 0 Å². The smallest absolute Gasteiger partial charge is 0.227 e. The van der Waals surface area contributed by atoms with E-state index in [4.69, 9.17) is 11.1 Å². The summed E-state index contributed by atoms with van der Waals surface area (Å²) in [5.74, 6) is -0.900. The molecule has 0 saturated carbocycles. The van der Waals surface area contributed by atoms with Gasteiger partial charge in [-0.15, -0.1) is 0 Å². The molecule has 2 aromatic carbocycles. The van der Waals surface area contributed by atoms with Crippen LogP contribution < -0.4 is 21.3 Å². The fourth-order valence-electron chi connectivity index (χ4n) is 2.74. The molecule has 3 amide bonds. The molecular weight excluding hydrogens is 386 g/mol. The predicted octanol–water partition coefficient (Wildman–Crippen LogP) is 1.67. The van der Waals surface area contributed by atoms with E-state index >= 15 is 0 Å². The second-order valence-corrected chi connectivity index (χ2v) is 6.54. The maximum Gasteiger partial charge on any atom is 0.227 e. The molecule has 0 atom stereocenters. The van der Waals surface area contributed by atoms with Gasteiger partial charge in [0.05, 0.1) is 6.61 Å². The first-order valence-corrected chi connectivity index (χ1v) is 9.33. The number of rotatable bonds is 9. The van der Waals surface area contributed by atoms with Gasteiger partial charge in [0.25, 0.3) is 0 Å². The first-order valence-electron chi connectivity index (χ1n) is 9.33. The van der Waals surface area contributed by atoms with Crippen molar-refractivity contribution in [3.05, 3.63) is 54.1 Å². The highest BCUT2D eigenvalue weighted by molar-refractivity contribution is 5.99. The van der Waals surface area contributed by atoms with Gasteiger partial charge in [0.2, 0.25) is 17.7 Å². The van der Waals surface area contributed by atoms with Crippen LogP contribution in [-0.2, 0) is 14.4 Å². The molecule has 0 heterocycles. The molecule has 6 N–H and O–H groups in total. The summed E-state index contributed by atoms with van der Waals surface area (Å²) in [5, 5.41) is 22.0. The average molecular weight is 411 g/mol. The highest BCUT2D eigenvalue weighted by Crippen LogP contribution is 2.19. The minimum Gasteiger partial charge on any atom is -0.395 e. The van der Waals surface area contributed by atoms with Gasteiger partial charge in [-0.25, -0.2) is 0 Å². The lowest BCUT2D eigenvalue weighted by Gasteiger charge is -2.22. The van der Waals surface area contributed by atoms with Crippen molar-refractivity contribution < 1.29 is 19.5 Å². The van der Waals surface area contributed by atoms with Crippen molar-refractivity contribution in [2.75, 3.05) is 28.7 Å². The minimum absolute atomic E-state index is 0.0286. The fraction of sp³-hybridized carbons (Fsp3) is 0.238. The number of amides is 3. The molecule has 0 aliphatic carbocycles. The summed E-state index contributed by atoms with van der Waals surface area (Å²) in [7, 11) is 0. The van der Waals surface area contributed by atoms with E-state index in [0.717, 1.165) is 0 Å². The van der Waals surface area contributed by atoms with Crippen molar-refractivity contribution in [3.8, 4) is 0 Å². The number of carbonyl (C=O) groups excluding carboxylic acids is 3. The number of hydrogen-bond acceptors (Lipinski definition) is 5. The lowest BCUT2D eigenvalue weighted by Crippen LogP contribution is -2.34. The highest BCUT2D eigenvalue weighted by atomic mass is 16.3. The van der Waals surface area contributed by atoms with E-state index in [0.29, 0.717) is 22.6 Å². The first kappa shape index (κ1) is 22.6. The van der Waals surface area contributed by atoms with Gasteiger partial charge in [0, 0.05) is 48.9 Å². The predicted molar refractivity (Wildman–Crippen MR) is 116 cm³/mol. The molecule has 9 nitrogen and oxygen atoms in total. The number of nitrogen functional groups attached to an aromatic ring is 1. The van der Waals surface area contributed by atoms with Gasteiger partial charge in [-0.05, 0) is 48.5 Å². The van der Waals surface area contributed by atoms with Crippen molar-refractivity contribution in [1.82, 2.24) is 0 Å². The van der Waals surface area contributed by atoms with Crippen LogP contribution in [-0.4, -0.2) is 41.8 Å². The molecule has 0 fully saturated rings. The van der Waals surface area contributed by atoms with Gasteiger partial charge in [-0.3, -0.25) is 19.8 Å². The Morgan fingerprint density at radius 2 is 1.53 bits per heavy atom. The minimum atomic E-state index is -0.330. The summed E-state index contributed by atoms with van der Waals surface area (Å²) >= 11 is 0. The number of aliphatic hydroxyl groups is 1. The topological polar surface area (TPSA) is 149 Å². The van der Waals surface area contributed by atoms with Crippen LogP contribution in [0.5, 0.6) is 0 Å². The number of nitrogens with two attached hydrogens (primary N) is 1. The zero-order valence-corrected chi connectivity index (χ0v) is 16.6. The van der Waals surface area contributed by atoms with E-state index in [1.807, 2.05) is 0 Å². The highest BCUT2D eigenvalue weighted by Gasteiger charge is 2.17. The number of hydrogen-bond donors (Lipinski definition) is 5. The van der Waals surface area contributed by atoms with E-state index in [9.17, 15) is 19.5 Å². The number of aliphatic hydroxyl groups excluding tert-OH is 1. The number of benzene rings is 2. The molecule has 2 rings (SSSR count). The third-order valence-corrected chi connectivity index (χ3v) is 4.17. The van der Waals surface area contributed by atoms with Gasteiger partial charge in [0.15, 0.2) is 0 Å². The standard InChI is InChI=1S/C21H25N5O4/c1-14(28)24-16-6-8-18(9-7-16)26(12-13-27)20(30)11-10-19(29)25-17-4-2-15(3-5-17)21(22)23/h2-9,27H,10-13H2,1H3,(H3,22,23)(H,24,28)(H,25,29). The second kappa shape index (κ2) is 10.7. The largest absolute Gasteiger partial charge is 0.395 e. The van der Waals surface area contributed by atoms with Crippen LogP contribution in [0.4, 0.5) is 17.1 Å². The van der Waals surface area contributed by atoms with Crippen LogP contribution in [0.2, 0.25) is 0 Å². The van der Waals surface area contributed by atoms with Crippen LogP contribution in [0.15, 0.2) is 48.5 Å². The van der Waals surface area contributed by atoms with Gasteiger partial charge in [-0.1, -0.05) is 0 Å². The summed E-state index contributed by atoms with van der Waals surface area (Å²) in [6.07, 6.45) is -0.0655. The first-order chi connectivity index (χ1) is 14.3. The summed E-state index contributed by atoms with van der Waals surface area (Å²) in [4.78, 5) is 37.3. The molecule has 158 valence electrons. The molecule has 0 unspecified atom stereocenters. The third kappa shape index (κ3) is 6.71. The number of anilines is 3. The second-order valence-electron chi connectivity index (χ2n) is 6.54. The molecule has 30 heavy (non-hydrogen) atoms. The fourth-order valence-corrected chi connectivity index (χ4v) is 2.74. The van der Waals surface area contributed by atoms with E-state index in [-0.39, 0.29) is 49.6 Å². The Hall–Kier alpha value is -3.72. The zero-order valence-electron chi connectivity index (χ0n) is 16.6. The molecule has 0 aliphatic heterocycles. The van der Waals surface area contributed by atoms with Crippen molar-refractivity contribution >= 4 is 40.6 Å². The monoisotopic (exact) mass is 411 g/mol. The lowest BCUT2D eigenvalue weighted by atomic mass is 10.2. The van der Waals surface area contributed by atoms with Crippen molar-refractivity contribution in [3.63, 3.8) is 0 Å². The van der Waals surface area contributed by atoms with Crippen molar-refractivity contribution in [2.45, 2.75) is 19.8 Å². The maximum absolute atomic E-state index is 12.6. The molecule has 9 heteroatoms. The lowest BCUT2D eigenvalue weighted by molar-refractivity contribution is -0.122. The third-order valence-electron chi connectivity index (χ3n) is 4.17. The van der Waals surface area contributed by atoms with Crippen LogP contribution in [0.25, 0.3) is 0 Å². The van der Waals surface area contributed by atoms with E-state index in [2.05, 4.69) is 10.6 Å². The molecule has 2 aromatic rings. The quantitative estimate of drug-likeness (QED) is 0.314.